The number of rotatable bonds is 5. The highest BCUT2D eigenvalue weighted by Gasteiger charge is 2.23. The third-order valence-electron chi connectivity index (χ3n) is 4.54. The summed E-state index contributed by atoms with van der Waals surface area (Å²) in [6.07, 6.45) is 1.87. The van der Waals surface area contributed by atoms with Crippen LogP contribution in [0.15, 0.2) is 18.2 Å². The third-order valence-corrected chi connectivity index (χ3v) is 4.54. The van der Waals surface area contributed by atoms with Crippen LogP contribution < -0.4 is 11.1 Å². The van der Waals surface area contributed by atoms with E-state index in [0.717, 1.165) is 32.5 Å². The second-order valence-electron chi connectivity index (χ2n) is 7.09. The van der Waals surface area contributed by atoms with Gasteiger partial charge in [0.15, 0.2) is 5.82 Å². The molecule has 0 atom stereocenters. The summed E-state index contributed by atoms with van der Waals surface area (Å²) in [7, 11) is 0. The molecule has 2 heterocycles. The smallest absolute Gasteiger partial charge is 0.287 e. The molecule has 0 spiro atoms. The zero-order valence-corrected chi connectivity index (χ0v) is 14.7. The quantitative estimate of drug-likeness (QED) is 0.765. The lowest BCUT2D eigenvalue weighted by atomic mass is 10.0. The van der Waals surface area contributed by atoms with E-state index in [-0.39, 0.29) is 17.8 Å². The fourth-order valence-corrected chi connectivity index (χ4v) is 3.37. The number of para-hydroxylation sites is 1. The normalized spacial score (nSPS) is 16.4. The van der Waals surface area contributed by atoms with Crippen LogP contribution in [0.2, 0.25) is 0 Å². The van der Waals surface area contributed by atoms with Gasteiger partial charge in [-0.2, -0.15) is 0 Å². The number of imidazole rings is 1. The molecule has 0 bridgehead atoms. The molecule has 0 saturated carbocycles. The van der Waals surface area contributed by atoms with Gasteiger partial charge in [0.1, 0.15) is 5.52 Å². The second-order valence-corrected chi connectivity index (χ2v) is 7.09. The second kappa shape index (κ2) is 7.23. The van der Waals surface area contributed by atoms with E-state index in [1.165, 1.54) is 0 Å². The first-order valence-electron chi connectivity index (χ1n) is 8.75. The van der Waals surface area contributed by atoms with Crippen molar-refractivity contribution in [3.63, 3.8) is 0 Å². The van der Waals surface area contributed by atoms with Gasteiger partial charge in [-0.25, -0.2) is 4.98 Å². The number of carbonyl (C=O) groups excluding carboxylic acids is 2. The Labute approximate surface area is 147 Å². The molecule has 1 aromatic heterocycles. The molecular formula is C18H25N5O2. The Morgan fingerprint density at radius 3 is 2.72 bits per heavy atom. The number of primary amides is 1. The van der Waals surface area contributed by atoms with Gasteiger partial charge in [0, 0.05) is 25.7 Å². The average molecular weight is 343 g/mol. The number of amides is 2. The van der Waals surface area contributed by atoms with Gasteiger partial charge in [0.05, 0.1) is 11.1 Å². The summed E-state index contributed by atoms with van der Waals surface area (Å²) in [4.78, 5) is 33.7. The number of piperidine rings is 1. The molecular weight excluding hydrogens is 318 g/mol. The Kier molecular flexibility index (Phi) is 5.03. The van der Waals surface area contributed by atoms with Gasteiger partial charge >= 0.3 is 0 Å². The topological polar surface area (TPSA) is 104 Å². The van der Waals surface area contributed by atoms with Crippen LogP contribution in [0, 0.1) is 5.92 Å². The molecule has 0 aliphatic carbocycles. The van der Waals surface area contributed by atoms with Crippen molar-refractivity contribution in [2.45, 2.75) is 32.7 Å². The maximum Gasteiger partial charge on any atom is 0.287 e. The summed E-state index contributed by atoms with van der Waals surface area (Å²) in [5, 5.41) is 3.04. The Bertz CT molecular complexity index is 775. The van der Waals surface area contributed by atoms with E-state index < -0.39 is 5.91 Å². The molecule has 0 radical (unpaired) electrons. The highest BCUT2D eigenvalue weighted by atomic mass is 16.2. The molecule has 25 heavy (non-hydrogen) atoms. The molecule has 1 aliphatic heterocycles. The molecule has 134 valence electrons. The minimum absolute atomic E-state index is 0.153. The van der Waals surface area contributed by atoms with E-state index in [1.54, 1.807) is 18.2 Å². The number of nitrogens with zero attached hydrogens (tertiary/aromatic N) is 2. The van der Waals surface area contributed by atoms with Crippen molar-refractivity contribution in [1.29, 1.82) is 0 Å². The number of carbonyl (C=O) groups is 2. The molecule has 2 amide bonds. The van der Waals surface area contributed by atoms with Crippen molar-refractivity contribution in [3.05, 3.63) is 29.6 Å². The van der Waals surface area contributed by atoms with Crippen LogP contribution in [0.25, 0.3) is 11.0 Å². The summed E-state index contributed by atoms with van der Waals surface area (Å²) in [6.45, 7) is 7.52. The largest absolute Gasteiger partial charge is 0.366 e. The van der Waals surface area contributed by atoms with Crippen LogP contribution in [0.3, 0.4) is 0 Å². The standard InChI is InChI=1S/C18H25N5O2/c1-11(2)10-23-8-6-12(7-9-23)20-18(25)17-21-14-5-3-4-13(16(19)24)15(14)22-17/h3-5,11-12H,6-10H2,1-2H3,(H2,19,24)(H,20,25)(H,21,22). The fraction of sp³-hybridized carbons (Fsp3) is 0.500. The number of nitrogens with two attached hydrogens (primary N) is 1. The molecule has 1 saturated heterocycles. The molecule has 1 fully saturated rings. The highest BCUT2D eigenvalue weighted by Crippen LogP contribution is 2.17. The molecule has 2 aromatic rings. The van der Waals surface area contributed by atoms with E-state index in [1.807, 2.05) is 0 Å². The van der Waals surface area contributed by atoms with Crippen molar-refractivity contribution in [1.82, 2.24) is 20.2 Å². The van der Waals surface area contributed by atoms with Gasteiger partial charge in [-0.1, -0.05) is 19.9 Å². The van der Waals surface area contributed by atoms with E-state index in [0.29, 0.717) is 22.5 Å². The van der Waals surface area contributed by atoms with Gasteiger partial charge in [-0.05, 0) is 30.9 Å². The number of aromatic amines is 1. The van der Waals surface area contributed by atoms with Gasteiger partial charge in [0.2, 0.25) is 0 Å². The van der Waals surface area contributed by atoms with Gasteiger partial charge in [-0.15, -0.1) is 0 Å². The number of aromatic nitrogens is 2. The molecule has 7 nitrogen and oxygen atoms in total. The van der Waals surface area contributed by atoms with Crippen LogP contribution >= 0.6 is 0 Å². The zero-order valence-electron chi connectivity index (χ0n) is 14.7. The van der Waals surface area contributed by atoms with Crippen LogP contribution in [0.5, 0.6) is 0 Å². The maximum absolute atomic E-state index is 12.5. The van der Waals surface area contributed by atoms with E-state index in [4.69, 9.17) is 5.73 Å². The number of hydrogen-bond donors (Lipinski definition) is 3. The van der Waals surface area contributed by atoms with E-state index in [9.17, 15) is 9.59 Å². The van der Waals surface area contributed by atoms with Crippen LogP contribution in [-0.4, -0.2) is 52.4 Å². The zero-order chi connectivity index (χ0) is 18.0. The lowest BCUT2D eigenvalue weighted by Gasteiger charge is -2.33. The minimum atomic E-state index is -0.554. The Morgan fingerprint density at radius 2 is 2.08 bits per heavy atom. The number of fused-ring (bicyclic) bond motifs is 1. The van der Waals surface area contributed by atoms with Crippen molar-refractivity contribution in [2.75, 3.05) is 19.6 Å². The number of H-pyrrole nitrogens is 1. The minimum Gasteiger partial charge on any atom is -0.366 e. The van der Waals surface area contributed by atoms with Crippen molar-refractivity contribution in [3.8, 4) is 0 Å². The van der Waals surface area contributed by atoms with E-state index >= 15 is 0 Å². The van der Waals surface area contributed by atoms with Crippen LogP contribution in [-0.2, 0) is 0 Å². The first kappa shape index (κ1) is 17.4. The SMILES string of the molecule is CC(C)CN1CCC(NC(=O)c2nc3c(C(N)=O)cccc3[nH]2)CC1. The average Bonchev–Trinajstić information content (AvgIpc) is 3.00. The highest BCUT2D eigenvalue weighted by molar-refractivity contribution is 6.05. The maximum atomic E-state index is 12.5. The summed E-state index contributed by atoms with van der Waals surface area (Å²) in [6, 6.07) is 5.25. The number of hydrogen-bond acceptors (Lipinski definition) is 4. The monoisotopic (exact) mass is 343 g/mol. The van der Waals surface area contributed by atoms with E-state index in [2.05, 4.69) is 34.0 Å². The lowest BCUT2D eigenvalue weighted by Crippen LogP contribution is -2.45. The summed E-state index contributed by atoms with van der Waals surface area (Å²) in [5.41, 5.74) is 6.75. The molecule has 4 N–H and O–H groups in total. The molecule has 1 aromatic carbocycles. The third kappa shape index (κ3) is 3.99. The van der Waals surface area contributed by atoms with Crippen molar-refractivity contribution < 1.29 is 9.59 Å². The molecule has 1 aliphatic rings. The fourth-order valence-electron chi connectivity index (χ4n) is 3.37. The number of benzene rings is 1. The Balaban J connectivity index is 1.65. The van der Waals surface area contributed by atoms with Crippen molar-refractivity contribution in [2.24, 2.45) is 11.7 Å². The predicted octanol–water partition coefficient (Wildman–Crippen LogP) is 1.51. The lowest BCUT2D eigenvalue weighted by molar-refractivity contribution is 0.0897. The molecule has 3 rings (SSSR count). The van der Waals surface area contributed by atoms with Gasteiger partial charge in [0.25, 0.3) is 11.8 Å². The van der Waals surface area contributed by atoms with Crippen LogP contribution in [0.4, 0.5) is 0 Å². The summed E-state index contributed by atoms with van der Waals surface area (Å²) >= 11 is 0. The van der Waals surface area contributed by atoms with Crippen molar-refractivity contribution >= 4 is 22.8 Å². The summed E-state index contributed by atoms with van der Waals surface area (Å²) in [5.74, 6) is 0.0740. The first-order valence-corrected chi connectivity index (χ1v) is 8.75. The first-order chi connectivity index (χ1) is 11.9. The predicted molar refractivity (Wildman–Crippen MR) is 96.4 cm³/mol. The van der Waals surface area contributed by atoms with Gasteiger partial charge in [-0.3, -0.25) is 9.59 Å². The van der Waals surface area contributed by atoms with Gasteiger partial charge < -0.3 is 20.9 Å². The van der Waals surface area contributed by atoms with Crippen LogP contribution in [0.1, 0.15) is 47.7 Å². The summed E-state index contributed by atoms with van der Waals surface area (Å²) < 4.78 is 0. The Hall–Kier alpha value is -2.41. The number of likely N-dealkylation sites (tertiary alicyclic amines) is 1. The molecule has 7 heteroatoms. The molecule has 0 unspecified atom stereocenters. The number of nitrogens with one attached hydrogen (secondary N) is 2. The Morgan fingerprint density at radius 1 is 1.36 bits per heavy atom.